The van der Waals surface area contributed by atoms with E-state index in [2.05, 4.69) is 34.3 Å². The molecular weight excluding hydrogens is 250 g/mol. The summed E-state index contributed by atoms with van der Waals surface area (Å²) in [7, 11) is 2.15. The lowest BCUT2D eigenvalue weighted by Gasteiger charge is -2.22. The number of H-pyrrole nitrogens is 1. The third-order valence-electron chi connectivity index (χ3n) is 3.60. The second kappa shape index (κ2) is 5.29. The minimum atomic E-state index is 0.185. The van der Waals surface area contributed by atoms with Gasteiger partial charge in [-0.15, -0.1) is 0 Å². The van der Waals surface area contributed by atoms with Crippen LogP contribution in [0.5, 0.6) is 5.75 Å². The van der Waals surface area contributed by atoms with Gasteiger partial charge in [-0.1, -0.05) is 12.1 Å². The van der Waals surface area contributed by atoms with Gasteiger partial charge in [-0.2, -0.15) is 5.10 Å². The van der Waals surface area contributed by atoms with Crippen LogP contribution in [0.1, 0.15) is 25.1 Å². The molecule has 2 aromatic rings. The number of hydrogen-bond donors (Lipinski definition) is 1. The molecule has 0 radical (unpaired) electrons. The van der Waals surface area contributed by atoms with Crippen molar-refractivity contribution in [3.63, 3.8) is 0 Å². The zero-order chi connectivity index (χ0) is 14.1. The van der Waals surface area contributed by atoms with Crippen molar-refractivity contribution in [1.82, 2.24) is 15.1 Å². The van der Waals surface area contributed by atoms with E-state index in [1.807, 2.05) is 26.0 Å². The van der Waals surface area contributed by atoms with Crippen LogP contribution in [-0.4, -0.2) is 34.8 Å². The average molecular weight is 271 g/mol. The summed E-state index contributed by atoms with van der Waals surface area (Å²) in [6.07, 6.45) is 1.23. The SMILES string of the molecule is CC(C)Oc1cccc(-c2n[nH]c3c2CN(C)CC3)c1. The molecule has 0 aliphatic carbocycles. The number of nitrogens with zero attached hydrogens (tertiary/aromatic N) is 2. The molecule has 0 spiro atoms. The largest absolute Gasteiger partial charge is 0.491 e. The van der Waals surface area contributed by atoms with Gasteiger partial charge >= 0.3 is 0 Å². The van der Waals surface area contributed by atoms with Crippen LogP contribution in [0.2, 0.25) is 0 Å². The van der Waals surface area contributed by atoms with Crippen molar-refractivity contribution >= 4 is 0 Å². The van der Waals surface area contributed by atoms with Gasteiger partial charge in [0.2, 0.25) is 0 Å². The highest BCUT2D eigenvalue weighted by Gasteiger charge is 2.20. The van der Waals surface area contributed by atoms with Crippen molar-refractivity contribution in [3.8, 4) is 17.0 Å². The number of aromatic nitrogens is 2. The number of aromatic amines is 1. The molecule has 4 nitrogen and oxygen atoms in total. The second-order valence-electron chi connectivity index (χ2n) is 5.71. The number of benzene rings is 1. The van der Waals surface area contributed by atoms with Gasteiger partial charge in [-0.25, -0.2) is 0 Å². The first-order chi connectivity index (χ1) is 9.63. The Hall–Kier alpha value is -1.81. The molecule has 1 aliphatic rings. The molecule has 0 saturated carbocycles. The first kappa shape index (κ1) is 13.2. The smallest absolute Gasteiger partial charge is 0.120 e. The molecule has 4 heteroatoms. The van der Waals surface area contributed by atoms with Gasteiger partial charge in [0.1, 0.15) is 5.75 Å². The van der Waals surface area contributed by atoms with E-state index < -0.39 is 0 Å². The molecule has 1 aliphatic heterocycles. The second-order valence-corrected chi connectivity index (χ2v) is 5.71. The van der Waals surface area contributed by atoms with Crippen LogP contribution in [0, 0.1) is 0 Å². The van der Waals surface area contributed by atoms with Crippen LogP contribution in [0.25, 0.3) is 11.3 Å². The van der Waals surface area contributed by atoms with Crippen molar-refractivity contribution in [3.05, 3.63) is 35.5 Å². The summed E-state index contributed by atoms with van der Waals surface area (Å²) in [5, 5.41) is 7.70. The lowest BCUT2D eigenvalue weighted by Crippen LogP contribution is -2.26. The molecule has 0 saturated heterocycles. The van der Waals surface area contributed by atoms with Crippen LogP contribution < -0.4 is 4.74 Å². The van der Waals surface area contributed by atoms with Crippen LogP contribution in [0.4, 0.5) is 0 Å². The third kappa shape index (κ3) is 2.56. The number of fused-ring (bicyclic) bond motifs is 1. The number of ether oxygens (including phenoxy) is 1. The van der Waals surface area contributed by atoms with Gasteiger partial charge in [0.25, 0.3) is 0 Å². The molecule has 0 bridgehead atoms. The Morgan fingerprint density at radius 3 is 3.00 bits per heavy atom. The predicted octanol–water partition coefficient (Wildman–Crippen LogP) is 2.85. The number of likely N-dealkylation sites (N-methyl/N-ethyl adjacent to an activating group) is 1. The monoisotopic (exact) mass is 271 g/mol. The maximum Gasteiger partial charge on any atom is 0.120 e. The van der Waals surface area contributed by atoms with Crippen LogP contribution in [0.15, 0.2) is 24.3 Å². The number of nitrogens with one attached hydrogen (secondary N) is 1. The number of rotatable bonds is 3. The van der Waals surface area contributed by atoms with Crippen molar-refractivity contribution in [1.29, 1.82) is 0 Å². The number of hydrogen-bond acceptors (Lipinski definition) is 3. The lowest BCUT2D eigenvalue weighted by molar-refractivity contribution is 0.242. The van der Waals surface area contributed by atoms with E-state index in [0.717, 1.165) is 36.5 Å². The van der Waals surface area contributed by atoms with Crippen molar-refractivity contribution in [2.45, 2.75) is 32.9 Å². The van der Waals surface area contributed by atoms with Crippen LogP contribution in [0.3, 0.4) is 0 Å². The van der Waals surface area contributed by atoms with Gasteiger partial charge < -0.3 is 9.64 Å². The quantitative estimate of drug-likeness (QED) is 0.933. The zero-order valence-corrected chi connectivity index (χ0v) is 12.3. The Morgan fingerprint density at radius 2 is 2.20 bits per heavy atom. The van der Waals surface area contributed by atoms with E-state index in [9.17, 15) is 0 Å². The fourth-order valence-corrected chi connectivity index (χ4v) is 2.66. The molecule has 0 atom stereocenters. The van der Waals surface area contributed by atoms with Gasteiger partial charge in [0.15, 0.2) is 0 Å². The minimum absolute atomic E-state index is 0.185. The Labute approximate surface area is 119 Å². The van der Waals surface area contributed by atoms with Crippen molar-refractivity contribution in [2.75, 3.05) is 13.6 Å². The molecule has 106 valence electrons. The van der Waals surface area contributed by atoms with Crippen molar-refractivity contribution < 1.29 is 4.74 Å². The van der Waals surface area contributed by atoms with Gasteiger partial charge in [0.05, 0.1) is 11.8 Å². The first-order valence-corrected chi connectivity index (χ1v) is 7.15. The van der Waals surface area contributed by atoms with Crippen LogP contribution >= 0.6 is 0 Å². The van der Waals surface area contributed by atoms with Crippen molar-refractivity contribution in [2.24, 2.45) is 0 Å². The van der Waals surface area contributed by atoms with E-state index in [1.54, 1.807) is 0 Å². The highest BCUT2D eigenvalue weighted by Crippen LogP contribution is 2.30. The molecule has 1 N–H and O–H groups in total. The molecule has 1 aromatic carbocycles. The molecule has 1 aromatic heterocycles. The predicted molar refractivity (Wildman–Crippen MR) is 79.8 cm³/mol. The normalized spacial score (nSPS) is 15.4. The minimum Gasteiger partial charge on any atom is -0.491 e. The maximum atomic E-state index is 5.77. The summed E-state index contributed by atoms with van der Waals surface area (Å²) >= 11 is 0. The summed E-state index contributed by atoms with van der Waals surface area (Å²) in [6.45, 7) is 6.12. The zero-order valence-electron chi connectivity index (χ0n) is 12.3. The molecule has 0 fully saturated rings. The van der Waals surface area contributed by atoms with Crippen LogP contribution in [-0.2, 0) is 13.0 Å². The molecular formula is C16H21N3O. The maximum absolute atomic E-state index is 5.77. The molecule has 2 heterocycles. The fourth-order valence-electron chi connectivity index (χ4n) is 2.66. The Balaban J connectivity index is 1.95. The molecule has 0 amide bonds. The van der Waals surface area contributed by atoms with Gasteiger partial charge in [-0.3, -0.25) is 5.10 Å². The fraction of sp³-hybridized carbons (Fsp3) is 0.438. The summed E-state index contributed by atoms with van der Waals surface area (Å²) < 4.78 is 5.77. The van der Waals surface area contributed by atoms with Gasteiger partial charge in [-0.05, 0) is 33.0 Å². The molecule has 20 heavy (non-hydrogen) atoms. The third-order valence-corrected chi connectivity index (χ3v) is 3.60. The summed E-state index contributed by atoms with van der Waals surface area (Å²) in [5.74, 6) is 0.901. The van der Waals surface area contributed by atoms with E-state index in [0.29, 0.717) is 0 Å². The summed E-state index contributed by atoms with van der Waals surface area (Å²) in [6, 6.07) is 8.19. The topological polar surface area (TPSA) is 41.1 Å². The summed E-state index contributed by atoms with van der Waals surface area (Å²) in [5.41, 5.74) is 4.77. The highest BCUT2D eigenvalue weighted by molar-refractivity contribution is 5.65. The molecule has 3 rings (SSSR count). The van der Waals surface area contributed by atoms with E-state index in [-0.39, 0.29) is 6.10 Å². The lowest BCUT2D eigenvalue weighted by atomic mass is 10.0. The first-order valence-electron chi connectivity index (χ1n) is 7.15. The molecule has 0 unspecified atom stereocenters. The van der Waals surface area contributed by atoms with Gasteiger partial charge in [0, 0.05) is 36.3 Å². The average Bonchev–Trinajstić information content (AvgIpc) is 2.81. The van der Waals surface area contributed by atoms with E-state index in [1.165, 1.54) is 11.3 Å². The summed E-state index contributed by atoms with van der Waals surface area (Å²) in [4.78, 5) is 2.33. The Bertz CT molecular complexity index is 604. The highest BCUT2D eigenvalue weighted by atomic mass is 16.5. The van der Waals surface area contributed by atoms with E-state index >= 15 is 0 Å². The Morgan fingerprint density at radius 1 is 1.35 bits per heavy atom. The van der Waals surface area contributed by atoms with E-state index in [4.69, 9.17) is 4.74 Å². The standard InChI is InChI=1S/C16H21N3O/c1-11(2)20-13-6-4-5-12(9-13)16-14-10-19(3)8-7-15(14)17-18-16/h4-6,9,11H,7-8,10H2,1-3H3,(H,17,18). The Kier molecular flexibility index (Phi) is 3.49.